The number of rotatable bonds is 6. The van der Waals surface area contributed by atoms with Crippen molar-refractivity contribution in [3.63, 3.8) is 0 Å². The normalized spacial score (nSPS) is 12.6. The number of carbonyl (C=O) groups is 1. The Hall–Kier alpha value is -0.550. The number of thiazole rings is 1. The third-order valence-corrected chi connectivity index (χ3v) is 3.92. The van der Waals surface area contributed by atoms with Gasteiger partial charge in [-0.15, -0.1) is 11.3 Å². The minimum atomic E-state index is -0.737. The van der Waals surface area contributed by atoms with Crippen LogP contribution in [0.5, 0.6) is 0 Å². The lowest BCUT2D eigenvalue weighted by atomic mass is 10.2. The van der Waals surface area contributed by atoms with Gasteiger partial charge in [0.15, 0.2) is 4.34 Å². The molecule has 0 aliphatic carbocycles. The van der Waals surface area contributed by atoms with Crippen molar-refractivity contribution in [3.8, 4) is 0 Å². The number of hydrogen-bond donors (Lipinski definition) is 1. The van der Waals surface area contributed by atoms with Crippen molar-refractivity contribution < 1.29 is 9.90 Å². The van der Waals surface area contributed by atoms with Crippen LogP contribution in [0.3, 0.4) is 0 Å². The average Bonchev–Trinajstić information content (AvgIpc) is 2.64. The Kier molecular flexibility index (Phi) is 4.97. The van der Waals surface area contributed by atoms with Crippen LogP contribution in [0, 0.1) is 0 Å². The highest BCUT2D eigenvalue weighted by molar-refractivity contribution is 8.02. The maximum atomic E-state index is 10.9. The van der Waals surface area contributed by atoms with Gasteiger partial charge in [0.05, 0.1) is 0 Å². The third-order valence-electron chi connectivity index (χ3n) is 1.75. The van der Waals surface area contributed by atoms with Crippen LogP contribution in [-0.2, 0) is 4.79 Å². The van der Waals surface area contributed by atoms with Crippen molar-refractivity contribution >= 4 is 29.1 Å². The molecule has 3 nitrogen and oxygen atoms in total. The minimum Gasteiger partial charge on any atom is -0.480 e. The first-order chi connectivity index (χ1) is 6.74. The first kappa shape index (κ1) is 11.5. The standard InChI is InChI=1S/C9H13NO2S2/c1-2-3-4-7(8(11)12)14-9-10-5-6-13-9/h5-7H,2-4H2,1H3,(H,11,12). The van der Waals surface area contributed by atoms with E-state index in [2.05, 4.69) is 11.9 Å². The van der Waals surface area contributed by atoms with E-state index >= 15 is 0 Å². The zero-order chi connectivity index (χ0) is 10.4. The molecule has 0 saturated carbocycles. The molecule has 78 valence electrons. The minimum absolute atomic E-state index is 0.346. The van der Waals surface area contributed by atoms with Gasteiger partial charge in [-0.1, -0.05) is 31.5 Å². The van der Waals surface area contributed by atoms with Crippen molar-refractivity contribution in [2.75, 3.05) is 0 Å². The third kappa shape index (κ3) is 3.67. The summed E-state index contributed by atoms with van der Waals surface area (Å²) in [4.78, 5) is 15.0. The zero-order valence-electron chi connectivity index (χ0n) is 7.97. The van der Waals surface area contributed by atoms with E-state index < -0.39 is 5.97 Å². The summed E-state index contributed by atoms with van der Waals surface area (Å²) in [5, 5.41) is 10.5. The molecule has 0 aliphatic heterocycles. The van der Waals surface area contributed by atoms with Crippen LogP contribution < -0.4 is 0 Å². The van der Waals surface area contributed by atoms with Crippen LogP contribution >= 0.6 is 23.1 Å². The fraction of sp³-hybridized carbons (Fsp3) is 0.556. The molecule has 5 heteroatoms. The summed E-state index contributed by atoms with van der Waals surface area (Å²) in [6.07, 6.45) is 4.40. The van der Waals surface area contributed by atoms with E-state index in [9.17, 15) is 4.79 Å². The molecule has 0 bridgehead atoms. The van der Waals surface area contributed by atoms with Crippen LogP contribution in [0.25, 0.3) is 0 Å². The van der Waals surface area contributed by atoms with Crippen molar-refractivity contribution in [1.29, 1.82) is 0 Å². The monoisotopic (exact) mass is 231 g/mol. The number of carboxylic acid groups (broad SMARTS) is 1. The highest BCUT2D eigenvalue weighted by atomic mass is 32.2. The van der Waals surface area contributed by atoms with Gasteiger partial charge < -0.3 is 5.11 Å². The fourth-order valence-corrected chi connectivity index (χ4v) is 2.86. The Balaban J connectivity index is 2.47. The van der Waals surface area contributed by atoms with Gasteiger partial charge in [-0.25, -0.2) is 4.98 Å². The molecule has 1 aromatic rings. The summed E-state index contributed by atoms with van der Waals surface area (Å²) in [5.41, 5.74) is 0. The van der Waals surface area contributed by atoms with Gasteiger partial charge in [0.1, 0.15) is 5.25 Å². The highest BCUT2D eigenvalue weighted by Crippen LogP contribution is 2.28. The number of hydrogen-bond acceptors (Lipinski definition) is 4. The van der Waals surface area contributed by atoms with Gasteiger partial charge in [-0.05, 0) is 6.42 Å². The molecule has 0 amide bonds. The van der Waals surface area contributed by atoms with Crippen molar-refractivity contribution in [2.24, 2.45) is 0 Å². The molecule has 1 heterocycles. The Morgan fingerprint density at radius 2 is 2.57 bits per heavy atom. The Morgan fingerprint density at radius 1 is 1.79 bits per heavy atom. The van der Waals surface area contributed by atoms with Crippen LogP contribution in [0.2, 0.25) is 0 Å². The van der Waals surface area contributed by atoms with Crippen LogP contribution in [0.4, 0.5) is 0 Å². The summed E-state index contributed by atoms with van der Waals surface area (Å²) in [7, 11) is 0. The van der Waals surface area contributed by atoms with Crippen molar-refractivity contribution in [3.05, 3.63) is 11.6 Å². The van der Waals surface area contributed by atoms with Gasteiger partial charge in [0.25, 0.3) is 0 Å². The lowest BCUT2D eigenvalue weighted by Crippen LogP contribution is -2.15. The Bertz CT molecular complexity index is 274. The van der Waals surface area contributed by atoms with Gasteiger partial charge in [-0.3, -0.25) is 4.79 Å². The molecule has 0 fully saturated rings. The lowest BCUT2D eigenvalue weighted by molar-refractivity contribution is -0.136. The predicted octanol–water partition coefficient (Wildman–Crippen LogP) is 2.88. The number of aliphatic carboxylic acids is 1. The smallest absolute Gasteiger partial charge is 0.317 e. The van der Waals surface area contributed by atoms with Crippen LogP contribution in [-0.4, -0.2) is 21.3 Å². The van der Waals surface area contributed by atoms with E-state index in [1.165, 1.54) is 23.1 Å². The molecule has 0 spiro atoms. The van der Waals surface area contributed by atoms with Gasteiger partial charge in [0.2, 0.25) is 0 Å². The molecule has 1 rings (SSSR count). The molecule has 1 aromatic heterocycles. The quantitative estimate of drug-likeness (QED) is 0.765. The molecule has 14 heavy (non-hydrogen) atoms. The summed E-state index contributed by atoms with van der Waals surface area (Å²) >= 11 is 2.84. The van der Waals surface area contributed by atoms with E-state index in [4.69, 9.17) is 5.11 Å². The first-order valence-electron chi connectivity index (χ1n) is 4.53. The molecule has 0 radical (unpaired) electrons. The summed E-state index contributed by atoms with van der Waals surface area (Å²) in [6.45, 7) is 2.06. The number of thioether (sulfide) groups is 1. The van der Waals surface area contributed by atoms with E-state index in [0.717, 1.165) is 23.6 Å². The maximum Gasteiger partial charge on any atom is 0.317 e. The molecule has 0 aromatic carbocycles. The molecular weight excluding hydrogens is 218 g/mol. The zero-order valence-corrected chi connectivity index (χ0v) is 9.61. The molecule has 1 unspecified atom stereocenters. The number of carboxylic acids is 1. The number of unbranched alkanes of at least 4 members (excludes halogenated alkanes) is 1. The summed E-state index contributed by atoms with van der Waals surface area (Å²) < 4.78 is 0.841. The summed E-state index contributed by atoms with van der Waals surface area (Å²) in [5.74, 6) is -0.737. The Labute approximate surface area is 91.6 Å². The molecule has 1 N–H and O–H groups in total. The molecule has 0 aliphatic rings. The number of nitrogens with zero attached hydrogens (tertiary/aromatic N) is 1. The van der Waals surface area contributed by atoms with Crippen molar-refractivity contribution in [2.45, 2.75) is 35.8 Å². The molecule has 0 saturated heterocycles. The van der Waals surface area contributed by atoms with E-state index in [-0.39, 0.29) is 5.25 Å². The lowest BCUT2D eigenvalue weighted by Gasteiger charge is -2.08. The fourth-order valence-electron chi connectivity index (χ4n) is 1.01. The van der Waals surface area contributed by atoms with Gasteiger partial charge in [-0.2, -0.15) is 0 Å². The average molecular weight is 231 g/mol. The molecular formula is C9H13NO2S2. The highest BCUT2D eigenvalue weighted by Gasteiger charge is 2.19. The largest absolute Gasteiger partial charge is 0.480 e. The SMILES string of the molecule is CCCCC(Sc1nccs1)C(=O)O. The predicted molar refractivity (Wildman–Crippen MR) is 58.9 cm³/mol. The maximum absolute atomic E-state index is 10.9. The van der Waals surface area contributed by atoms with Gasteiger partial charge in [0, 0.05) is 11.6 Å². The second-order valence-corrected chi connectivity index (χ2v) is 5.23. The van der Waals surface area contributed by atoms with Gasteiger partial charge >= 0.3 is 5.97 Å². The topological polar surface area (TPSA) is 50.2 Å². The second-order valence-electron chi connectivity index (χ2n) is 2.88. The van der Waals surface area contributed by atoms with E-state index in [1.54, 1.807) is 6.20 Å². The Morgan fingerprint density at radius 3 is 3.07 bits per heavy atom. The second kappa shape index (κ2) is 6.03. The van der Waals surface area contributed by atoms with Crippen LogP contribution in [0.1, 0.15) is 26.2 Å². The van der Waals surface area contributed by atoms with Crippen molar-refractivity contribution in [1.82, 2.24) is 4.98 Å². The molecule has 1 atom stereocenters. The first-order valence-corrected chi connectivity index (χ1v) is 6.29. The number of aromatic nitrogens is 1. The van der Waals surface area contributed by atoms with E-state index in [0.29, 0.717) is 0 Å². The van der Waals surface area contributed by atoms with Crippen LogP contribution in [0.15, 0.2) is 15.9 Å². The van der Waals surface area contributed by atoms with E-state index in [1.807, 2.05) is 5.38 Å². The summed E-state index contributed by atoms with van der Waals surface area (Å²) in [6, 6.07) is 0.